The lowest BCUT2D eigenvalue weighted by molar-refractivity contribution is -0.150. The van der Waals surface area contributed by atoms with Gasteiger partial charge < -0.3 is 10.0 Å². The zero-order valence-corrected chi connectivity index (χ0v) is 11.8. The van der Waals surface area contributed by atoms with E-state index in [1.807, 2.05) is 13.8 Å². The Morgan fingerprint density at radius 1 is 1.45 bits per heavy atom. The summed E-state index contributed by atoms with van der Waals surface area (Å²) in [6, 6.07) is 0. The van der Waals surface area contributed by atoms with Crippen LogP contribution < -0.4 is 0 Å². The number of halogens is 1. The van der Waals surface area contributed by atoms with Gasteiger partial charge in [-0.15, -0.1) is 0 Å². The standard InChI is InChI=1S/C13H18FN3O3/c1-8-10(9(2)16(3)15-8)6-11(18)17-5-4-13(14,7-17)12(19)20/h4-7H2,1-3H3,(H,19,20). The van der Waals surface area contributed by atoms with Gasteiger partial charge in [-0.05, 0) is 13.8 Å². The number of nitrogens with zero attached hydrogens (tertiary/aromatic N) is 3. The van der Waals surface area contributed by atoms with Gasteiger partial charge in [0.2, 0.25) is 11.6 Å². The van der Waals surface area contributed by atoms with Crippen molar-refractivity contribution in [2.45, 2.75) is 32.4 Å². The highest BCUT2D eigenvalue weighted by molar-refractivity contribution is 5.83. The summed E-state index contributed by atoms with van der Waals surface area (Å²) in [5.74, 6) is -1.76. The first-order valence-electron chi connectivity index (χ1n) is 6.44. The molecule has 1 aliphatic heterocycles. The van der Waals surface area contributed by atoms with Gasteiger partial charge in [0.05, 0.1) is 18.7 Å². The normalized spacial score (nSPS) is 22.3. The van der Waals surface area contributed by atoms with E-state index in [9.17, 15) is 14.0 Å². The minimum atomic E-state index is -2.31. The van der Waals surface area contributed by atoms with Gasteiger partial charge in [0.1, 0.15) is 0 Å². The van der Waals surface area contributed by atoms with Crippen molar-refractivity contribution in [3.8, 4) is 0 Å². The third-order valence-corrected chi connectivity index (χ3v) is 3.94. The Labute approximate surface area is 116 Å². The minimum absolute atomic E-state index is 0.126. The number of carbonyl (C=O) groups is 2. The van der Waals surface area contributed by atoms with Crippen molar-refractivity contribution >= 4 is 11.9 Å². The number of amides is 1. The molecule has 0 spiro atoms. The summed E-state index contributed by atoms with van der Waals surface area (Å²) < 4.78 is 15.6. The number of carbonyl (C=O) groups excluding carboxylic acids is 1. The lowest BCUT2D eigenvalue weighted by Gasteiger charge is -2.17. The molecule has 110 valence electrons. The molecule has 1 atom stereocenters. The second-order valence-electron chi connectivity index (χ2n) is 5.29. The van der Waals surface area contributed by atoms with E-state index < -0.39 is 11.6 Å². The molecule has 1 aromatic heterocycles. The maximum Gasteiger partial charge on any atom is 0.343 e. The van der Waals surface area contributed by atoms with E-state index in [-0.39, 0.29) is 31.8 Å². The van der Waals surface area contributed by atoms with Crippen LogP contribution in [0.15, 0.2) is 0 Å². The maximum absolute atomic E-state index is 13.9. The first-order chi connectivity index (χ1) is 9.24. The van der Waals surface area contributed by atoms with E-state index in [1.54, 1.807) is 11.7 Å². The van der Waals surface area contributed by atoms with E-state index >= 15 is 0 Å². The Bertz CT molecular complexity index is 569. The van der Waals surface area contributed by atoms with Gasteiger partial charge >= 0.3 is 5.97 Å². The van der Waals surface area contributed by atoms with E-state index in [4.69, 9.17) is 5.11 Å². The van der Waals surface area contributed by atoms with E-state index in [0.717, 1.165) is 17.0 Å². The Morgan fingerprint density at radius 2 is 2.10 bits per heavy atom. The summed E-state index contributed by atoms with van der Waals surface area (Å²) in [6.07, 6.45) is -0.0275. The Kier molecular flexibility index (Phi) is 3.54. The van der Waals surface area contributed by atoms with Crippen LogP contribution in [0.1, 0.15) is 23.4 Å². The Morgan fingerprint density at radius 3 is 2.55 bits per heavy atom. The minimum Gasteiger partial charge on any atom is -0.479 e. The molecule has 0 aliphatic carbocycles. The number of aliphatic carboxylic acids is 1. The SMILES string of the molecule is Cc1nn(C)c(C)c1CC(=O)N1CCC(F)(C(=O)O)C1. The van der Waals surface area contributed by atoms with Crippen LogP contribution in [0, 0.1) is 13.8 Å². The second kappa shape index (κ2) is 4.88. The average Bonchev–Trinajstić information content (AvgIpc) is 2.87. The molecular formula is C13H18FN3O3. The summed E-state index contributed by atoms with van der Waals surface area (Å²) >= 11 is 0. The van der Waals surface area contributed by atoms with Gasteiger partial charge in [0, 0.05) is 31.3 Å². The Hall–Kier alpha value is -1.92. The van der Waals surface area contributed by atoms with Crippen molar-refractivity contribution in [2.24, 2.45) is 7.05 Å². The Balaban J connectivity index is 2.09. The molecule has 20 heavy (non-hydrogen) atoms. The van der Waals surface area contributed by atoms with Gasteiger partial charge in [-0.2, -0.15) is 5.10 Å². The summed E-state index contributed by atoms with van der Waals surface area (Å²) in [4.78, 5) is 24.3. The van der Waals surface area contributed by atoms with Crippen molar-refractivity contribution in [1.29, 1.82) is 0 Å². The number of aryl methyl sites for hydroxylation is 2. The number of rotatable bonds is 3. The van der Waals surface area contributed by atoms with Gasteiger partial charge in [-0.25, -0.2) is 9.18 Å². The topological polar surface area (TPSA) is 75.4 Å². The largest absolute Gasteiger partial charge is 0.479 e. The third-order valence-electron chi connectivity index (χ3n) is 3.94. The molecule has 0 bridgehead atoms. The monoisotopic (exact) mass is 283 g/mol. The van der Waals surface area contributed by atoms with Crippen LogP contribution >= 0.6 is 0 Å². The predicted molar refractivity (Wildman–Crippen MR) is 69.1 cm³/mol. The number of alkyl halides is 1. The molecule has 0 aromatic carbocycles. The molecule has 2 heterocycles. The molecule has 0 radical (unpaired) electrons. The summed E-state index contributed by atoms with van der Waals surface area (Å²) in [5, 5.41) is 13.1. The van der Waals surface area contributed by atoms with Gasteiger partial charge in [0.25, 0.3) is 0 Å². The number of likely N-dealkylation sites (tertiary alicyclic amines) is 1. The summed E-state index contributed by atoms with van der Waals surface area (Å²) in [6.45, 7) is 3.44. The van der Waals surface area contributed by atoms with Crippen molar-refractivity contribution < 1.29 is 19.1 Å². The molecule has 1 aliphatic rings. The van der Waals surface area contributed by atoms with Crippen LogP contribution in [0.25, 0.3) is 0 Å². The van der Waals surface area contributed by atoms with E-state index in [1.165, 1.54) is 4.90 Å². The lowest BCUT2D eigenvalue weighted by Crippen LogP contribution is -2.39. The number of carboxylic acids is 1. The molecule has 0 saturated carbocycles. The molecule has 1 amide bonds. The predicted octanol–water partition coefficient (Wildman–Crippen LogP) is 0.605. The highest BCUT2D eigenvalue weighted by Crippen LogP contribution is 2.26. The highest BCUT2D eigenvalue weighted by Gasteiger charge is 2.46. The first kappa shape index (κ1) is 14.5. The molecule has 1 saturated heterocycles. The fraction of sp³-hybridized carbons (Fsp3) is 0.615. The fourth-order valence-electron chi connectivity index (χ4n) is 2.50. The summed E-state index contributed by atoms with van der Waals surface area (Å²) in [5.41, 5.74) is 0.167. The van der Waals surface area contributed by atoms with Crippen LogP contribution in [0.4, 0.5) is 4.39 Å². The van der Waals surface area contributed by atoms with E-state index in [0.29, 0.717) is 0 Å². The van der Waals surface area contributed by atoms with E-state index in [2.05, 4.69) is 5.10 Å². The van der Waals surface area contributed by atoms with Gasteiger partial charge in [0.15, 0.2) is 0 Å². The zero-order chi connectivity index (χ0) is 15.1. The molecule has 1 unspecified atom stereocenters. The van der Waals surface area contributed by atoms with Crippen molar-refractivity contribution in [1.82, 2.24) is 14.7 Å². The number of carboxylic acid groups (broad SMARTS) is 1. The lowest BCUT2D eigenvalue weighted by atomic mass is 10.1. The molecular weight excluding hydrogens is 265 g/mol. The molecule has 7 heteroatoms. The van der Waals surface area contributed by atoms with Crippen molar-refractivity contribution in [3.05, 3.63) is 17.0 Å². The zero-order valence-electron chi connectivity index (χ0n) is 11.8. The first-order valence-corrected chi connectivity index (χ1v) is 6.44. The smallest absolute Gasteiger partial charge is 0.343 e. The van der Waals surface area contributed by atoms with Crippen LogP contribution in [-0.4, -0.2) is 50.4 Å². The summed E-state index contributed by atoms with van der Waals surface area (Å²) in [7, 11) is 1.79. The molecule has 2 rings (SSSR count). The number of hydrogen-bond donors (Lipinski definition) is 1. The van der Waals surface area contributed by atoms with Gasteiger partial charge in [-0.3, -0.25) is 9.48 Å². The molecule has 6 nitrogen and oxygen atoms in total. The average molecular weight is 283 g/mol. The quantitative estimate of drug-likeness (QED) is 0.881. The van der Waals surface area contributed by atoms with Crippen molar-refractivity contribution in [3.63, 3.8) is 0 Å². The van der Waals surface area contributed by atoms with Crippen molar-refractivity contribution in [2.75, 3.05) is 13.1 Å². The van der Waals surface area contributed by atoms with Crippen LogP contribution in [0.2, 0.25) is 0 Å². The second-order valence-corrected chi connectivity index (χ2v) is 5.29. The number of hydrogen-bond acceptors (Lipinski definition) is 3. The third kappa shape index (κ3) is 2.39. The fourth-order valence-corrected chi connectivity index (χ4v) is 2.50. The number of aromatic nitrogens is 2. The van der Waals surface area contributed by atoms with Crippen LogP contribution in [-0.2, 0) is 23.1 Å². The molecule has 1 aromatic rings. The molecule has 1 N–H and O–H groups in total. The highest BCUT2D eigenvalue weighted by atomic mass is 19.1. The van der Waals surface area contributed by atoms with Gasteiger partial charge in [-0.1, -0.05) is 0 Å². The van der Waals surface area contributed by atoms with Crippen LogP contribution in [0.5, 0.6) is 0 Å². The van der Waals surface area contributed by atoms with Crippen LogP contribution in [0.3, 0.4) is 0 Å². The molecule has 1 fully saturated rings. The maximum atomic E-state index is 13.9.